The number of rotatable bonds is 7. The minimum Gasteiger partial charge on any atom is -0.493 e. The molecule has 0 bridgehead atoms. The monoisotopic (exact) mass is 423 g/mol. The molecule has 1 amide bonds. The van der Waals surface area contributed by atoms with E-state index >= 15 is 0 Å². The molecule has 0 spiro atoms. The number of ether oxygens (including phenoxy) is 2. The lowest BCUT2D eigenvalue weighted by Crippen LogP contribution is -2.23. The first-order chi connectivity index (χ1) is 14.7. The van der Waals surface area contributed by atoms with Crippen LogP contribution in [0.2, 0.25) is 0 Å². The summed E-state index contributed by atoms with van der Waals surface area (Å²) in [6.07, 6.45) is 2.52. The molecule has 1 N–H and O–H groups in total. The quantitative estimate of drug-likeness (QED) is 0.612. The molecule has 2 aromatic carbocycles. The highest BCUT2D eigenvalue weighted by Crippen LogP contribution is 2.33. The van der Waals surface area contributed by atoms with Crippen molar-refractivity contribution in [3.63, 3.8) is 0 Å². The van der Waals surface area contributed by atoms with Gasteiger partial charge < -0.3 is 19.7 Å². The number of nitrogens with one attached hydrogen (secondary N) is 1. The molecule has 7 heteroatoms. The number of thiazole rings is 1. The Morgan fingerprint density at radius 3 is 2.50 bits per heavy atom. The molecule has 1 aromatic heterocycles. The van der Waals surface area contributed by atoms with E-state index in [0.29, 0.717) is 23.7 Å². The molecular weight excluding hydrogens is 398 g/mol. The van der Waals surface area contributed by atoms with Gasteiger partial charge in [-0.1, -0.05) is 12.1 Å². The van der Waals surface area contributed by atoms with Crippen molar-refractivity contribution in [2.75, 3.05) is 32.2 Å². The smallest absolute Gasteiger partial charge is 0.271 e. The molecule has 1 aliphatic heterocycles. The van der Waals surface area contributed by atoms with Gasteiger partial charge in [0.1, 0.15) is 10.7 Å². The molecule has 156 valence electrons. The van der Waals surface area contributed by atoms with Gasteiger partial charge in [0.2, 0.25) is 0 Å². The minimum atomic E-state index is -0.179. The first kappa shape index (κ1) is 20.2. The van der Waals surface area contributed by atoms with Crippen molar-refractivity contribution in [3.05, 3.63) is 59.1 Å². The molecule has 0 atom stereocenters. The van der Waals surface area contributed by atoms with E-state index in [4.69, 9.17) is 9.47 Å². The number of benzene rings is 2. The summed E-state index contributed by atoms with van der Waals surface area (Å²) in [7, 11) is 3.20. The Morgan fingerprint density at radius 2 is 1.80 bits per heavy atom. The van der Waals surface area contributed by atoms with Gasteiger partial charge in [0.15, 0.2) is 11.5 Å². The van der Waals surface area contributed by atoms with Crippen molar-refractivity contribution >= 4 is 22.9 Å². The van der Waals surface area contributed by atoms with Crippen LogP contribution in [0.1, 0.15) is 28.9 Å². The van der Waals surface area contributed by atoms with E-state index in [9.17, 15) is 4.79 Å². The zero-order valence-electron chi connectivity index (χ0n) is 17.2. The van der Waals surface area contributed by atoms with Crippen LogP contribution in [0.25, 0.3) is 10.6 Å². The van der Waals surface area contributed by atoms with Crippen LogP contribution in [-0.4, -0.2) is 38.2 Å². The molecule has 1 fully saturated rings. The third-order valence-electron chi connectivity index (χ3n) is 5.23. The Bertz CT molecular complexity index is 1010. The van der Waals surface area contributed by atoms with Gasteiger partial charge in [-0.3, -0.25) is 4.79 Å². The number of anilines is 1. The Hall–Kier alpha value is -3.06. The van der Waals surface area contributed by atoms with Crippen LogP contribution in [0.3, 0.4) is 0 Å². The molecule has 0 aliphatic carbocycles. The van der Waals surface area contributed by atoms with Crippen molar-refractivity contribution < 1.29 is 14.3 Å². The molecular formula is C23H25N3O3S. The number of carbonyl (C=O) groups is 1. The van der Waals surface area contributed by atoms with Crippen LogP contribution in [0.15, 0.2) is 47.8 Å². The van der Waals surface area contributed by atoms with E-state index in [2.05, 4.69) is 39.5 Å². The summed E-state index contributed by atoms with van der Waals surface area (Å²) in [6.45, 7) is 2.73. The largest absolute Gasteiger partial charge is 0.493 e. The highest BCUT2D eigenvalue weighted by molar-refractivity contribution is 7.13. The summed E-state index contributed by atoms with van der Waals surface area (Å²) in [4.78, 5) is 19.4. The van der Waals surface area contributed by atoms with Crippen molar-refractivity contribution in [1.29, 1.82) is 0 Å². The molecule has 2 heterocycles. The third-order valence-corrected chi connectivity index (χ3v) is 6.12. The van der Waals surface area contributed by atoms with Crippen molar-refractivity contribution in [2.24, 2.45) is 0 Å². The third kappa shape index (κ3) is 4.41. The fraction of sp³-hybridized carbons (Fsp3) is 0.304. The molecule has 4 rings (SSSR count). The lowest BCUT2D eigenvalue weighted by atomic mass is 10.2. The number of nitrogens with zero attached hydrogens (tertiary/aromatic N) is 2. The van der Waals surface area contributed by atoms with Crippen molar-refractivity contribution in [2.45, 2.75) is 19.4 Å². The first-order valence-corrected chi connectivity index (χ1v) is 10.9. The lowest BCUT2D eigenvalue weighted by Gasteiger charge is -2.17. The highest BCUT2D eigenvalue weighted by Gasteiger charge is 2.14. The summed E-state index contributed by atoms with van der Waals surface area (Å²) in [6, 6.07) is 14.0. The fourth-order valence-electron chi connectivity index (χ4n) is 3.55. The topological polar surface area (TPSA) is 63.7 Å². The summed E-state index contributed by atoms with van der Waals surface area (Å²) < 4.78 is 10.6. The van der Waals surface area contributed by atoms with Gasteiger partial charge in [0, 0.05) is 36.3 Å². The molecule has 0 radical (unpaired) electrons. The normalized spacial score (nSPS) is 13.3. The van der Waals surface area contributed by atoms with Gasteiger partial charge in [0.25, 0.3) is 5.91 Å². The van der Waals surface area contributed by atoms with E-state index in [1.54, 1.807) is 19.6 Å². The number of hydrogen-bond acceptors (Lipinski definition) is 6. The average Bonchev–Trinajstić information content (AvgIpc) is 3.50. The Labute approximate surface area is 180 Å². The molecule has 0 unspecified atom stereocenters. The van der Waals surface area contributed by atoms with Gasteiger partial charge in [-0.05, 0) is 48.7 Å². The predicted molar refractivity (Wildman–Crippen MR) is 120 cm³/mol. The second-order valence-corrected chi connectivity index (χ2v) is 8.01. The zero-order chi connectivity index (χ0) is 20.9. The predicted octanol–water partition coefficient (Wildman–Crippen LogP) is 4.36. The van der Waals surface area contributed by atoms with E-state index < -0.39 is 0 Å². The second-order valence-electron chi connectivity index (χ2n) is 7.15. The average molecular weight is 424 g/mol. The maximum Gasteiger partial charge on any atom is 0.271 e. The Kier molecular flexibility index (Phi) is 6.18. The number of methoxy groups -OCH3 is 2. The van der Waals surface area contributed by atoms with Crippen molar-refractivity contribution in [1.82, 2.24) is 10.3 Å². The summed E-state index contributed by atoms with van der Waals surface area (Å²) in [5.41, 5.74) is 3.62. The molecule has 30 heavy (non-hydrogen) atoms. The second kappa shape index (κ2) is 9.17. The van der Waals surface area contributed by atoms with Crippen LogP contribution < -0.4 is 19.7 Å². The molecule has 1 saturated heterocycles. The van der Waals surface area contributed by atoms with Gasteiger partial charge in [0.05, 0.1) is 14.2 Å². The van der Waals surface area contributed by atoms with E-state index in [1.165, 1.54) is 29.9 Å². The zero-order valence-corrected chi connectivity index (χ0v) is 18.0. The molecule has 3 aromatic rings. The maximum absolute atomic E-state index is 12.5. The molecule has 6 nitrogen and oxygen atoms in total. The van der Waals surface area contributed by atoms with E-state index in [1.807, 2.05) is 18.2 Å². The first-order valence-electron chi connectivity index (χ1n) is 9.98. The van der Waals surface area contributed by atoms with E-state index in [-0.39, 0.29) is 5.91 Å². The van der Waals surface area contributed by atoms with E-state index in [0.717, 1.165) is 29.2 Å². The maximum atomic E-state index is 12.5. The van der Waals surface area contributed by atoms with Crippen LogP contribution in [-0.2, 0) is 6.54 Å². The van der Waals surface area contributed by atoms with Crippen LogP contribution >= 0.6 is 11.3 Å². The fourth-order valence-corrected chi connectivity index (χ4v) is 4.35. The number of amides is 1. The minimum absolute atomic E-state index is 0.179. The van der Waals surface area contributed by atoms with Gasteiger partial charge in [-0.15, -0.1) is 11.3 Å². The number of hydrogen-bond donors (Lipinski definition) is 1. The molecule has 1 aliphatic rings. The van der Waals surface area contributed by atoms with Gasteiger partial charge in [-0.2, -0.15) is 0 Å². The number of carbonyl (C=O) groups excluding carboxylic acids is 1. The summed E-state index contributed by atoms with van der Waals surface area (Å²) in [5, 5.41) is 5.49. The standard InChI is InChI=1S/C23H25N3O3S/c1-28-20-10-7-17(13-21(20)29-2)23-25-19(15-30-23)22(27)24-14-16-5-8-18(9-6-16)26-11-3-4-12-26/h5-10,13,15H,3-4,11-12,14H2,1-2H3,(H,24,27). The SMILES string of the molecule is COc1ccc(-c2nc(C(=O)NCc3ccc(N4CCCC4)cc3)cs2)cc1OC. The number of aromatic nitrogens is 1. The highest BCUT2D eigenvalue weighted by atomic mass is 32.1. The lowest BCUT2D eigenvalue weighted by molar-refractivity contribution is 0.0946. The Balaban J connectivity index is 1.38. The summed E-state index contributed by atoms with van der Waals surface area (Å²) in [5.74, 6) is 1.11. The van der Waals surface area contributed by atoms with Crippen LogP contribution in [0.5, 0.6) is 11.5 Å². The van der Waals surface area contributed by atoms with Crippen LogP contribution in [0, 0.1) is 0 Å². The van der Waals surface area contributed by atoms with Gasteiger partial charge in [-0.25, -0.2) is 4.98 Å². The summed E-state index contributed by atoms with van der Waals surface area (Å²) >= 11 is 1.43. The van der Waals surface area contributed by atoms with Crippen LogP contribution in [0.4, 0.5) is 5.69 Å². The van der Waals surface area contributed by atoms with Gasteiger partial charge >= 0.3 is 0 Å². The molecule has 0 saturated carbocycles. The van der Waals surface area contributed by atoms with Crippen molar-refractivity contribution in [3.8, 4) is 22.1 Å². The Morgan fingerprint density at radius 1 is 1.07 bits per heavy atom.